The number of hydrogen-bond acceptors (Lipinski definition) is 0. The largest absolute Gasteiger partial charge is 0.0616 e. The van der Waals surface area contributed by atoms with Crippen LogP contribution in [0.15, 0.2) is 66.7 Å². The maximum absolute atomic E-state index is 2.37. The van der Waals surface area contributed by atoms with Crippen molar-refractivity contribution >= 4 is 21.5 Å². The third-order valence-corrected chi connectivity index (χ3v) is 5.12. The van der Waals surface area contributed by atoms with Gasteiger partial charge in [0.2, 0.25) is 0 Å². The molecule has 0 radical (unpaired) electrons. The van der Waals surface area contributed by atoms with Crippen LogP contribution in [0.2, 0.25) is 0 Å². The Hall–Kier alpha value is -2.60. The predicted octanol–water partition coefficient (Wildman–Crippen LogP) is 6.51. The van der Waals surface area contributed by atoms with E-state index in [1.54, 1.807) is 0 Å². The molecule has 0 spiro atoms. The highest BCUT2D eigenvalue weighted by atomic mass is 14.1. The zero-order valence-electron chi connectivity index (χ0n) is 14.6. The molecule has 0 aliphatic carbocycles. The van der Waals surface area contributed by atoms with Crippen molar-refractivity contribution in [3.63, 3.8) is 0 Å². The van der Waals surface area contributed by atoms with Crippen LogP contribution in [-0.4, -0.2) is 0 Å². The van der Waals surface area contributed by atoms with E-state index in [2.05, 4.69) is 87.5 Å². The van der Waals surface area contributed by atoms with Crippen molar-refractivity contribution in [1.82, 2.24) is 0 Å². The first kappa shape index (κ1) is 15.0. The van der Waals surface area contributed by atoms with Gasteiger partial charge in [0.15, 0.2) is 0 Å². The number of fused-ring (bicyclic) bond motifs is 2. The molecule has 4 aromatic carbocycles. The second kappa shape index (κ2) is 5.79. The minimum Gasteiger partial charge on any atom is -0.0616 e. The highest BCUT2D eigenvalue weighted by Gasteiger charge is 2.06. The van der Waals surface area contributed by atoms with Crippen molar-refractivity contribution in [3.05, 3.63) is 94.5 Å². The van der Waals surface area contributed by atoms with Crippen molar-refractivity contribution in [2.45, 2.75) is 27.2 Å². The Bertz CT molecular complexity index is 1050. The van der Waals surface area contributed by atoms with E-state index in [1.165, 1.54) is 49.4 Å². The maximum atomic E-state index is 2.37. The van der Waals surface area contributed by atoms with Gasteiger partial charge in [-0.05, 0) is 76.6 Å². The molecule has 0 heteroatoms. The van der Waals surface area contributed by atoms with E-state index in [4.69, 9.17) is 0 Å². The molecule has 4 rings (SSSR count). The topological polar surface area (TPSA) is 0 Å². The van der Waals surface area contributed by atoms with Gasteiger partial charge in [-0.3, -0.25) is 0 Å². The Morgan fingerprint density at radius 3 is 2.00 bits per heavy atom. The average Bonchev–Trinajstić information content (AvgIpc) is 2.59. The maximum Gasteiger partial charge on any atom is -0.00227 e. The summed E-state index contributed by atoms with van der Waals surface area (Å²) >= 11 is 0. The summed E-state index contributed by atoms with van der Waals surface area (Å²) in [6.45, 7) is 6.61. The molecule has 0 aromatic heterocycles. The van der Waals surface area contributed by atoms with Crippen molar-refractivity contribution in [1.29, 1.82) is 0 Å². The van der Waals surface area contributed by atoms with Gasteiger partial charge >= 0.3 is 0 Å². The number of benzene rings is 4. The van der Waals surface area contributed by atoms with Crippen LogP contribution in [0, 0.1) is 20.8 Å². The second-order valence-electron chi connectivity index (χ2n) is 6.88. The summed E-state index contributed by atoms with van der Waals surface area (Å²) in [6.07, 6.45) is 0.986. The summed E-state index contributed by atoms with van der Waals surface area (Å²) in [5.74, 6) is 0. The molecule has 0 aliphatic heterocycles. The second-order valence-corrected chi connectivity index (χ2v) is 6.88. The van der Waals surface area contributed by atoms with Crippen LogP contribution in [0.3, 0.4) is 0 Å². The van der Waals surface area contributed by atoms with E-state index < -0.39 is 0 Å². The molecule has 0 N–H and O–H groups in total. The molecule has 24 heavy (non-hydrogen) atoms. The van der Waals surface area contributed by atoms with Gasteiger partial charge in [-0.2, -0.15) is 0 Å². The molecule has 0 saturated carbocycles. The SMILES string of the molecule is Cc1cc2ccccc2cc1Cc1ccc2c(C)ccc(C)c2c1. The molecule has 0 nitrogen and oxygen atoms in total. The summed E-state index contributed by atoms with van der Waals surface area (Å²) in [5, 5.41) is 5.40. The summed E-state index contributed by atoms with van der Waals surface area (Å²) in [7, 11) is 0. The van der Waals surface area contributed by atoms with Gasteiger partial charge in [0.05, 0.1) is 0 Å². The molecule has 0 fully saturated rings. The third kappa shape index (κ3) is 2.59. The minimum absolute atomic E-state index is 0.986. The zero-order chi connectivity index (χ0) is 16.7. The van der Waals surface area contributed by atoms with E-state index in [1.807, 2.05) is 0 Å². The van der Waals surface area contributed by atoms with Gasteiger partial charge in [0.25, 0.3) is 0 Å². The van der Waals surface area contributed by atoms with Crippen LogP contribution in [0.4, 0.5) is 0 Å². The smallest absolute Gasteiger partial charge is 0.00227 e. The van der Waals surface area contributed by atoms with E-state index in [-0.39, 0.29) is 0 Å². The van der Waals surface area contributed by atoms with Crippen LogP contribution in [0.1, 0.15) is 27.8 Å². The Labute approximate surface area is 143 Å². The molecular weight excluding hydrogens is 288 g/mol. The fraction of sp³-hybridized carbons (Fsp3) is 0.167. The molecule has 0 amide bonds. The van der Waals surface area contributed by atoms with Crippen LogP contribution in [0.25, 0.3) is 21.5 Å². The monoisotopic (exact) mass is 310 g/mol. The van der Waals surface area contributed by atoms with E-state index in [9.17, 15) is 0 Å². The number of hydrogen-bond donors (Lipinski definition) is 0. The zero-order valence-corrected chi connectivity index (χ0v) is 14.6. The standard InChI is InChI=1S/C24H22/c1-16-8-9-17(2)24-14-19(10-11-23(16)24)13-22-15-21-7-5-4-6-20(21)12-18(22)3/h4-12,14-15H,13H2,1-3H3. The molecule has 0 aliphatic rings. The van der Waals surface area contributed by atoms with Crippen LogP contribution >= 0.6 is 0 Å². The number of rotatable bonds is 2. The van der Waals surface area contributed by atoms with Gasteiger partial charge < -0.3 is 0 Å². The van der Waals surface area contributed by atoms with Crippen molar-refractivity contribution in [3.8, 4) is 0 Å². The fourth-order valence-electron chi connectivity index (χ4n) is 3.61. The molecular formula is C24H22. The summed E-state index contributed by atoms with van der Waals surface area (Å²) in [4.78, 5) is 0. The van der Waals surface area contributed by atoms with E-state index in [0.717, 1.165) is 6.42 Å². The quantitative estimate of drug-likeness (QED) is 0.396. The summed E-state index contributed by atoms with van der Waals surface area (Å²) in [6, 6.07) is 24.6. The highest BCUT2D eigenvalue weighted by Crippen LogP contribution is 2.26. The van der Waals surface area contributed by atoms with E-state index in [0.29, 0.717) is 0 Å². The summed E-state index contributed by atoms with van der Waals surface area (Å²) < 4.78 is 0. The lowest BCUT2D eigenvalue weighted by atomic mass is 9.93. The predicted molar refractivity (Wildman–Crippen MR) is 105 cm³/mol. The molecule has 0 saturated heterocycles. The molecule has 0 heterocycles. The summed E-state index contributed by atoms with van der Waals surface area (Å²) in [5.41, 5.74) is 6.87. The lowest BCUT2D eigenvalue weighted by molar-refractivity contribution is 1.17. The minimum atomic E-state index is 0.986. The van der Waals surface area contributed by atoms with Gasteiger partial charge in [-0.25, -0.2) is 0 Å². The van der Waals surface area contributed by atoms with Crippen LogP contribution in [0.5, 0.6) is 0 Å². The van der Waals surface area contributed by atoms with Crippen molar-refractivity contribution in [2.75, 3.05) is 0 Å². The first-order valence-corrected chi connectivity index (χ1v) is 8.59. The lowest BCUT2D eigenvalue weighted by Crippen LogP contribution is -1.93. The van der Waals surface area contributed by atoms with E-state index >= 15 is 0 Å². The van der Waals surface area contributed by atoms with Gasteiger partial charge in [0.1, 0.15) is 0 Å². The Morgan fingerprint density at radius 1 is 0.583 bits per heavy atom. The van der Waals surface area contributed by atoms with Gasteiger partial charge in [0, 0.05) is 0 Å². The molecule has 0 atom stereocenters. The number of aryl methyl sites for hydroxylation is 3. The molecule has 118 valence electrons. The third-order valence-electron chi connectivity index (χ3n) is 5.12. The Morgan fingerprint density at radius 2 is 1.25 bits per heavy atom. The molecule has 0 bridgehead atoms. The molecule has 0 unspecified atom stereocenters. The highest BCUT2D eigenvalue weighted by molar-refractivity contribution is 5.89. The van der Waals surface area contributed by atoms with Gasteiger partial charge in [-0.1, -0.05) is 66.7 Å². The molecule has 4 aromatic rings. The van der Waals surface area contributed by atoms with Crippen LogP contribution in [-0.2, 0) is 6.42 Å². The first-order chi connectivity index (χ1) is 11.6. The lowest BCUT2D eigenvalue weighted by Gasteiger charge is -2.11. The van der Waals surface area contributed by atoms with Gasteiger partial charge in [-0.15, -0.1) is 0 Å². The fourth-order valence-corrected chi connectivity index (χ4v) is 3.61. The Kier molecular flexibility index (Phi) is 3.61. The van der Waals surface area contributed by atoms with Crippen molar-refractivity contribution in [2.24, 2.45) is 0 Å². The normalized spacial score (nSPS) is 11.3. The van der Waals surface area contributed by atoms with Crippen molar-refractivity contribution < 1.29 is 0 Å². The average molecular weight is 310 g/mol. The van der Waals surface area contributed by atoms with Crippen LogP contribution < -0.4 is 0 Å². The first-order valence-electron chi connectivity index (χ1n) is 8.59. The Balaban J connectivity index is 1.79.